The molecule has 3 aromatic heterocycles. The van der Waals surface area contributed by atoms with Crippen LogP contribution in [0.25, 0.3) is 66.6 Å². The molecule has 0 amide bonds. The van der Waals surface area contributed by atoms with Crippen molar-refractivity contribution in [2.75, 3.05) is 0 Å². The zero-order valence-corrected chi connectivity index (χ0v) is 85.5. The maximum Gasteiger partial charge on any atom is 0.490 e. The van der Waals surface area contributed by atoms with Gasteiger partial charge in [0.25, 0.3) is 0 Å². The van der Waals surface area contributed by atoms with E-state index >= 15 is 9.59 Å². The van der Waals surface area contributed by atoms with Crippen LogP contribution in [0.2, 0.25) is 20.1 Å². The van der Waals surface area contributed by atoms with E-state index in [0.717, 1.165) is 89.1 Å². The first-order valence-electron chi connectivity index (χ1n) is 50.3. The molecule has 758 valence electrons. The highest BCUT2D eigenvalue weighted by molar-refractivity contribution is 6.40. The molecule has 22 atom stereocenters. The minimum absolute atomic E-state index is 0.00142. The van der Waals surface area contributed by atoms with Crippen LogP contribution in [0.15, 0.2) is 97.1 Å². The van der Waals surface area contributed by atoms with E-state index in [9.17, 15) is 65.3 Å². The molecule has 2 aliphatic heterocycles. The van der Waals surface area contributed by atoms with Gasteiger partial charge in [-0.1, -0.05) is 152 Å². The van der Waals surface area contributed by atoms with Crippen molar-refractivity contribution in [1.29, 1.82) is 0 Å². The number of aromatic nitrogens is 4. The number of aliphatic hydroxyl groups is 2. The van der Waals surface area contributed by atoms with Gasteiger partial charge in [0.2, 0.25) is 0 Å². The van der Waals surface area contributed by atoms with E-state index in [2.05, 4.69) is 91.3 Å². The van der Waals surface area contributed by atoms with E-state index < -0.39 is 118 Å². The van der Waals surface area contributed by atoms with E-state index in [-0.39, 0.29) is 152 Å². The van der Waals surface area contributed by atoms with Crippen LogP contribution in [0, 0.1) is 107 Å². The van der Waals surface area contributed by atoms with Gasteiger partial charge in [-0.25, -0.2) is 38.7 Å². The van der Waals surface area contributed by atoms with E-state index in [0.29, 0.717) is 125 Å². The zero-order valence-electron chi connectivity index (χ0n) is 82.5. The molecule has 17 rings (SSSR count). The van der Waals surface area contributed by atoms with Crippen LogP contribution in [-0.2, 0) is 60.4 Å². The Bertz CT molecular complexity index is 6080. The minimum atomic E-state index is -5.30. The van der Waals surface area contributed by atoms with Crippen LogP contribution in [0.1, 0.15) is 298 Å². The highest BCUT2D eigenvalue weighted by Gasteiger charge is 2.70. The van der Waals surface area contributed by atoms with Crippen LogP contribution in [0.4, 0.5) is 26.3 Å². The number of benzene rings is 4. The first-order valence-corrected chi connectivity index (χ1v) is 51.8. The van der Waals surface area contributed by atoms with Gasteiger partial charge >= 0.3 is 60.1 Å². The average molecular weight is 2040 g/mol. The fourth-order valence-electron chi connectivity index (χ4n) is 28.9. The topological polar surface area (TPSA) is 290 Å². The number of aliphatic hydroxyl groups excluding tert-OH is 2. The number of aromatic amines is 2. The highest BCUT2D eigenvalue weighted by atomic mass is 35.5. The van der Waals surface area contributed by atoms with Crippen molar-refractivity contribution in [2.45, 2.75) is 287 Å². The molecule has 8 aliphatic carbocycles. The summed E-state index contributed by atoms with van der Waals surface area (Å²) >= 11 is 24.9. The fourth-order valence-corrected chi connectivity index (χ4v) is 30.0. The van der Waals surface area contributed by atoms with Crippen molar-refractivity contribution in [1.82, 2.24) is 19.9 Å². The third-order valence-corrected chi connectivity index (χ3v) is 37.3. The number of carbonyl (C=O) groups is 8. The first-order chi connectivity index (χ1) is 67.2. The number of aryl methyl sites for hydroxylation is 4. The molecular weight excluding hydrogens is 1910 g/mol. The minimum Gasteiger partial charge on any atom is -0.459 e. The lowest BCUT2D eigenvalue weighted by Gasteiger charge is -2.64. The van der Waals surface area contributed by atoms with Crippen molar-refractivity contribution in [2.24, 2.45) is 92.7 Å². The summed E-state index contributed by atoms with van der Waals surface area (Å²) in [6.45, 7) is 28.5. The Morgan fingerprint density at radius 1 is 0.458 bits per heavy atom. The van der Waals surface area contributed by atoms with Gasteiger partial charge in [0.05, 0.1) is 88.4 Å². The smallest absolute Gasteiger partial charge is 0.459 e. The summed E-state index contributed by atoms with van der Waals surface area (Å²) in [7, 11) is 0. The Hall–Kier alpha value is -9.70. The highest BCUT2D eigenvalue weighted by Crippen LogP contribution is 2.72. The molecule has 5 heterocycles. The molecule has 8 saturated carbocycles. The van der Waals surface area contributed by atoms with Crippen molar-refractivity contribution < 1.29 is 103 Å². The fraction of sp³-hybridized carbons (Fsp3) is 0.536. The molecule has 0 spiro atoms. The Morgan fingerprint density at radius 2 is 0.817 bits per heavy atom. The molecule has 142 heavy (non-hydrogen) atoms. The number of allylic oxidation sites excluding steroid dienone is 4. The molecule has 0 unspecified atom stereocenters. The molecule has 8 bridgehead atoms. The molecule has 0 radical (unpaired) electrons. The largest absolute Gasteiger partial charge is 0.490 e. The number of rotatable bonds is 22. The van der Waals surface area contributed by atoms with Gasteiger partial charge in [0.15, 0.2) is 0 Å². The summed E-state index contributed by atoms with van der Waals surface area (Å²) in [5, 5.41) is 25.3. The third-order valence-electron chi connectivity index (χ3n) is 36.0. The summed E-state index contributed by atoms with van der Waals surface area (Å²) in [5.41, 5.74) is 13.8. The van der Waals surface area contributed by atoms with Crippen LogP contribution < -0.4 is 0 Å². The summed E-state index contributed by atoms with van der Waals surface area (Å²) in [6.07, 6.45) is -8.22. The standard InChI is InChI=1S/C112H124Cl4F6N4O16/c1-15-67-55(7)97-91(59-23-19-25-61(43-59)101(131)137-65-39-41-107(11)63(45-65)47-85(127)93-73-35-33-71(109(73,13)87(49-75(93)107)139-105(135)111(117,118)119)53(5)31-37-89(129)141-103(133)95-77(113)27-21-28-78(95)114)98-57(9)69(17-3)83(125-98)52-84-70(18-4)58(10)100(126-84)92(99-56(8)68(16-2)82(124-99)51-81(67)123-97)60-24-20-26-62(44-60)102(132)138-66-40-42-108(12)64(46-66)48-86(128)94-74-36-34-72(110(74,14)88(50-76(94)108)140-106(136)112(120,121)122)54(6)32-38-90(130)142-104(134)96-79(115)29-22-30-80(96)116/h19-30,43-44,51-54,63-66,71-76,85-88,93-94,123,126-128H,15-18,31-42,45-50H2,1-14H3/t53-,54-,63+,64+,65-,66-,71-,72-,73+,74+,75+,76+,85-,86-,87+,88+,93+,94+,107+,108+,109-,110-/m1/s1. The van der Waals surface area contributed by atoms with Gasteiger partial charge in [-0.2, -0.15) is 26.3 Å². The number of H-pyrrole nitrogens is 2. The summed E-state index contributed by atoms with van der Waals surface area (Å²) < 4.78 is 122. The number of alkyl halides is 6. The van der Waals surface area contributed by atoms with Gasteiger partial charge < -0.3 is 48.6 Å². The third kappa shape index (κ3) is 18.6. The van der Waals surface area contributed by atoms with Gasteiger partial charge in [0.1, 0.15) is 24.4 Å². The summed E-state index contributed by atoms with van der Waals surface area (Å²) in [4.78, 5) is 129. The number of nitrogens with one attached hydrogen (secondary N) is 2. The molecule has 10 aliphatic rings. The first kappa shape index (κ1) is 104. The van der Waals surface area contributed by atoms with E-state index in [1.807, 2.05) is 64.1 Å². The lowest BCUT2D eigenvalue weighted by atomic mass is 9.43. The van der Waals surface area contributed by atoms with E-state index in [1.165, 1.54) is 24.3 Å². The quantitative estimate of drug-likeness (QED) is 0.0212. The predicted molar refractivity (Wildman–Crippen MR) is 530 cm³/mol. The maximum absolute atomic E-state index is 15.2. The average Bonchev–Trinajstić information content (AvgIpc) is 1.46. The van der Waals surface area contributed by atoms with E-state index in [4.69, 9.17) is 84.8 Å². The Balaban J connectivity index is 0.632. The number of hydrogen-bond donors (Lipinski definition) is 4. The number of ether oxygens (including phenoxy) is 6. The van der Waals surface area contributed by atoms with Crippen LogP contribution in [0.3, 0.4) is 0 Å². The van der Waals surface area contributed by atoms with Gasteiger partial charge in [-0.05, 0) is 354 Å². The van der Waals surface area contributed by atoms with Crippen molar-refractivity contribution in [3.8, 4) is 22.3 Å². The molecule has 7 aromatic rings. The Kier molecular flexibility index (Phi) is 29.2. The Labute approximate surface area is 843 Å². The molecule has 0 saturated heterocycles. The second kappa shape index (κ2) is 39.9. The Morgan fingerprint density at radius 3 is 1.16 bits per heavy atom. The molecular formula is C112H124Cl4F6N4O16. The molecule has 4 aromatic carbocycles. The van der Waals surface area contributed by atoms with Crippen molar-refractivity contribution >= 4 is 139 Å². The summed E-state index contributed by atoms with van der Waals surface area (Å²) in [6, 6.07) is 27.9. The van der Waals surface area contributed by atoms with Crippen LogP contribution in [-0.4, -0.2) is 127 Å². The lowest BCUT2D eigenvalue weighted by molar-refractivity contribution is -0.239. The normalized spacial score (nSPS) is 29.3. The number of hydrogen-bond acceptors (Lipinski definition) is 18. The number of fused-ring (bicyclic) bond motifs is 18. The maximum atomic E-state index is 15.2. The molecule has 4 N–H and O–H groups in total. The lowest BCUT2D eigenvalue weighted by Crippen LogP contribution is -2.63. The van der Waals surface area contributed by atoms with Crippen LogP contribution >= 0.6 is 46.4 Å². The number of nitrogens with zero attached hydrogens (tertiary/aromatic N) is 2. The number of esters is 8. The zero-order chi connectivity index (χ0) is 102. The molecule has 8 fully saturated rings. The van der Waals surface area contributed by atoms with Gasteiger partial charge in [-0.3, -0.25) is 9.59 Å². The van der Waals surface area contributed by atoms with E-state index in [1.54, 1.807) is 24.3 Å². The SMILES string of the molecule is CCC1=C(C)c2nc1cc1[nH]c(c(C)c1CC)c(-c1cccc(C(=O)O[C@@H]3CC[C@@]4(C)[C@@H](C3)C[C@@H](O)[C@@H]3[C@@H]4C[C@H](OC(=O)C(F)(F)F)[C@]4(C)[C@@H]([C@H](C)CCC(=O)OC(=O)c5c(Cl)cccc5Cl)CC[C@@H]34)c1)c1nc(cc3[nH]c(c(C)c3CC)c2-c2cccc(C(=O)O[C@@H]3CC[C@@]4(C)[C@@H](C3)C[C@@H](O)[C@@H]3[C@@H]4C[C@H](OC(=O)C(F)(F)F)[C@]4(C)[C@@H]([C@H](C)CCC(=O)OC(=O)c5c(Cl)cccc5Cl)CC[C@@H]34)c2)C(CC)=C1C. The monoisotopic (exact) mass is 2030 g/mol. The van der Waals surface area contributed by atoms with Crippen LogP contribution in [0.5, 0.6) is 0 Å². The molecule has 30 heteroatoms. The number of halogens is 10. The molecule has 20 nitrogen and oxygen atoms in total. The summed E-state index contributed by atoms with van der Waals surface area (Å²) in [5.74, 6) is -13.6. The predicted octanol–water partition coefficient (Wildman–Crippen LogP) is 26.8. The number of carbonyl (C=O) groups excluding carboxylic acids is 8. The van der Waals surface area contributed by atoms with Gasteiger partial charge in [-0.15, -0.1) is 0 Å². The van der Waals surface area contributed by atoms with Crippen molar-refractivity contribution in [3.05, 3.63) is 184 Å². The second-order valence-corrected chi connectivity index (χ2v) is 44.5. The van der Waals surface area contributed by atoms with Gasteiger partial charge in [0, 0.05) is 45.8 Å². The van der Waals surface area contributed by atoms with Crippen molar-refractivity contribution in [3.63, 3.8) is 0 Å². The second-order valence-electron chi connectivity index (χ2n) is 42.8.